The molecule has 2 aliphatic rings. The number of carbonyl (C=O) groups is 1. The van der Waals surface area contributed by atoms with Crippen molar-refractivity contribution in [2.45, 2.75) is 51.3 Å². The molecule has 1 aliphatic carbocycles. The summed E-state index contributed by atoms with van der Waals surface area (Å²) in [4.78, 5) is 16.2. The highest BCUT2D eigenvalue weighted by atomic mass is 16.6. The van der Waals surface area contributed by atoms with Crippen molar-refractivity contribution in [2.75, 3.05) is 39.3 Å². The Morgan fingerprint density at radius 3 is 2.38 bits per heavy atom. The summed E-state index contributed by atoms with van der Waals surface area (Å²) in [5.74, 6) is 0. The fourth-order valence-corrected chi connectivity index (χ4v) is 2.74. The van der Waals surface area contributed by atoms with Crippen molar-refractivity contribution < 1.29 is 9.53 Å². The number of hydrogen-bond donors (Lipinski definition) is 2. The second-order valence-electron chi connectivity index (χ2n) is 7.19. The molecular formula is C15H30N4O2. The van der Waals surface area contributed by atoms with Gasteiger partial charge in [0.15, 0.2) is 0 Å². The molecule has 0 unspecified atom stereocenters. The average molecular weight is 298 g/mol. The van der Waals surface area contributed by atoms with Gasteiger partial charge in [-0.05, 0) is 33.6 Å². The number of hydrogen-bond acceptors (Lipinski definition) is 5. The van der Waals surface area contributed by atoms with E-state index in [0.717, 1.165) is 52.1 Å². The van der Waals surface area contributed by atoms with Crippen LogP contribution in [0.15, 0.2) is 0 Å². The Morgan fingerprint density at radius 1 is 1.24 bits per heavy atom. The highest BCUT2D eigenvalue weighted by Gasteiger charge is 2.27. The second kappa shape index (κ2) is 6.94. The van der Waals surface area contributed by atoms with E-state index in [1.54, 1.807) is 4.90 Å². The van der Waals surface area contributed by atoms with Crippen LogP contribution in [0.2, 0.25) is 0 Å². The molecule has 122 valence electrons. The Kier molecular flexibility index (Phi) is 5.46. The van der Waals surface area contributed by atoms with Crippen LogP contribution >= 0.6 is 0 Å². The minimum atomic E-state index is -0.415. The molecule has 0 radical (unpaired) electrons. The lowest BCUT2D eigenvalue weighted by Crippen LogP contribution is -2.53. The van der Waals surface area contributed by atoms with Gasteiger partial charge in [0.25, 0.3) is 0 Å². The summed E-state index contributed by atoms with van der Waals surface area (Å²) in [6.07, 6.45) is 2.02. The molecule has 6 nitrogen and oxygen atoms in total. The Balaban J connectivity index is 1.58. The van der Waals surface area contributed by atoms with E-state index in [-0.39, 0.29) is 6.09 Å². The summed E-state index contributed by atoms with van der Waals surface area (Å²) >= 11 is 0. The zero-order chi connectivity index (χ0) is 15.5. The Labute approximate surface area is 128 Å². The molecule has 0 bridgehead atoms. The van der Waals surface area contributed by atoms with Crippen molar-refractivity contribution >= 4 is 6.09 Å². The van der Waals surface area contributed by atoms with E-state index < -0.39 is 5.60 Å². The summed E-state index contributed by atoms with van der Waals surface area (Å²) in [5.41, 5.74) is 5.36. The number of carbonyl (C=O) groups excluding carboxylic acids is 1. The number of ether oxygens (including phenoxy) is 1. The Morgan fingerprint density at radius 2 is 1.86 bits per heavy atom. The van der Waals surface area contributed by atoms with Crippen molar-refractivity contribution in [1.29, 1.82) is 0 Å². The van der Waals surface area contributed by atoms with Crippen LogP contribution < -0.4 is 11.1 Å². The van der Waals surface area contributed by atoms with Gasteiger partial charge in [-0.1, -0.05) is 0 Å². The van der Waals surface area contributed by atoms with Gasteiger partial charge >= 0.3 is 6.09 Å². The van der Waals surface area contributed by atoms with Gasteiger partial charge in [-0.2, -0.15) is 0 Å². The molecule has 1 amide bonds. The molecule has 0 aromatic heterocycles. The highest BCUT2D eigenvalue weighted by Crippen LogP contribution is 2.17. The number of nitrogens with one attached hydrogen (secondary N) is 1. The quantitative estimate of drug-likeness (QED) is 0.796. The maximum absolute atomic E-state index is 12.0. The number of amides is 1. The topological polar surface area (TPSA) is 70.8 Å². The van der Waals surface area contributed by atoms with E-state index in [1.165, 1.54) is 0 Å². The highest BCUT2D eigenvalue weighted by molar-refractivity contribution is 5.68. The SMILES string of the molecule is CC(C)(C)OC(=O)N1CCN(CCNC2CC(N)C2)CC1. The van der Waals surface area contributed by atoms with Crippen molar-refractivity contribution in [3.05, 3.63) is 0 Å². The van der Waals surface area contributed by atoms with Gasteiger partial charge < -0.3 is 20.7 Å². The summed E-state index contributed by atoms with van der Waals surface area (Å²) in [5, 5.41) is 3.53. The molecule has 1 aliphatic heterocycles. The van der Waals surface area contributed by atoms with Gasteiger partial charge in [0, 0.05) is 51.4 Å². The third kappa shape index (κ3) is 5.45. The standard InChI is InChI=1S/C15H30N4O2/c1-15(2,3)21-14(20)19-8-6-18(7-9-19)5-4-17-13-10-12(16)11-13/h12-13,17H,4-11,16H2,1-3H3. The normalized spacial score (nSPS) is 27.3. The smallest absolute Gasteiger partial charge is 0.410 e. The molecule has 1 saturated heterocycles. The van der Waals surface area contributed by atoms with Gasteiger partial charge in [0.2, 0.25) is 0 Å². The van der Waals surface area contributed by atoms with Crippen LogP contribution in [0.25, 0.3) is 0 Å². The molecule has 0 spiro atoms. The van der Waals surface area contributed by atoms with E-state index in [1.807, 2.05) is 20.8 Å². The summed E-state index contributed by atoms with van der Waals surface area (Å²) < 4.78 is 5.40. The molecule has 1 saturated carbocycles. The number of nitrogens with two attached hydrogens (primary N) is 1. The monoisotopic (exact) mass is 298 g/mol. The molecule has 0 aromatic rings. The van der Waals surface area contributed by atoms with Crippen molar-refractivity contribution in [3.8, 4) is 0 Å². The minimum absolute atomic E-state index is 0.191. The maximum atomic E-state index is 12.0. The molecular weight excluding hydrogens is 268 g/mol. The average Bonchev–Trinajstić information content (AvgIpc) is 2.35. The van der Waals surface area contributed by atoms with Crippen LogP contribution in [0.3, 0.4) is 0 Å². The van der Waals surface area contributed by atoms with Gasteiger partial charge in [0.1, 0.15) is 5.60 Å². The first kappa shape index (κ1) is 16.5. The molecule has 2 fully saturated rings. The summed E-state index contributed by atoms with van der Waals surface area (Å²) in [7, 11) is 0. The van der Waals surface area contributed by atoms with Crippen molar-refractivity contribution in [2.24, 2.45) is 5.73 Å². The van der Waals surface area contributed by atoms with E-state index in [9.17, 15) is 4.79 Å². The minimum Gasteiger partial charge on any atom is -0.444 e. The molecule has 21 heavy (non-hydrogen) atoms. The maximum Gasteiger partial charge on any atom is 0.410 e. The first-order chi connectivity index (χ1) is 9.83. The number of rotatable bonds is 4. The second-order valence-corrected chi connectivity index (χ2v) is 7.19. The lowest BCUT2D eigenvalue weighted by Gasteiger charge is -2.37. The van der Waals surface area contributed by atoms with Crippen LogP contribution in [0.4, 0.5) is 4.79 Å². The zero-order valence-corrected chi connectivity index (χ0v) is 13.6. The van der Waals surface area contributed by atoms with Crippen LogP contribution in [-0.2, 0) is 4.74 Å². The van der Waals surface area contributed by atoms with E-state index >= 15 is 0 Å². The molecule has 3 N–H and O–H groups in total. The molecule has 0 aromatic carbocycles. The predicted octanol–water partition coefficient (Wildman–Crippen LogP) is 0.618. The fourth-order valence-electron chi connectivity index (χ4n) is 2.74. The van der Waals surface area contributed by atoms with Crippen LogP contribution in [0, 0.1) is 0 Å². The Bertz CT molecular complexity index is 342. The van der Waals surface area contributed by atoms with Gasteiger partial charge in [-0.3, -0.25) is 4.90 Å². The molecule has 1 heterocycles. The largest absolute Gasteiger partial charge is 0.444 e. The Hall–Kier alpha value is -0.850. The lowest BCUT2D eigenvalue weighted by molar-refractivity contribution is 0.0145. The van der Waals surface area contributed by atoms with Gasteiger partial charge in [0.05, 0.1) is 0 Å². The van der Waals surface area contributed by atoms with Crippen LogP contribution in [-0.4, -0.2) is 72.8 Å². The molecule has 0 atom stereocenters. The third-order valence-electron chi connectivity index (χ3n) is 4.06. The van der Waals surface area contributed by atoms with Crippen molar-refractivity contribution in [3.63, 3.8) is 0 Å². The van der Waals surface area contributed by atoms with Gasteiger partial charge in [-0.25, -0.2) is 4.79 Å². The van der Waals surface area contributed by atoms with Crippen molar-refractivity contribution in [1.82, 2.24) is 15.1 Å². The first-order valence-corrected chi connectivity index (χ1v) is 8.03. The summed E-state index contributed by atoms with van der Waals surface area (Å²) in [6, 6.07) is 1.02. The van der Waals surface area contributed by atoms with E-state index in [0.29, 0.717) is 12.1 Å². The fraction of sp³-hybridized carbons (Fsp3) is 0.933. The number of piperazine rings is 1. The molecule has 6 heteroatoms. The van der Waals surface area contributed by atoms with Crippen LogP contribution in [0.1, 0.15) is 33.6 Å². The van der Waals surface area contributed by atoms with E-state index in [2.05, 4.69) is 10.2 Å². The van der Waals surface area contributed by atoms with E-state index in [4.69, 9.17) is 10.5 Å². The summed E-state index contributed by atoms with van der Waals surface area (Å²) in [6.45, 7) is 11.1. The number of nitrogens with zero attached hydrogens (tertiary/aromatic N) is 2. The van der Waals surface area contributed by atoms with Gasteiger partial charge in [-0.15, -0.1) is 0 Å². The predicted molar refractivity (Wildman–Crippen MR) is 83.2 cm³/mol. The third-order valence-corrected chi connectivity index (χ3v) is 4.06. The molecule has 2 rings (SSSR count). The lowest BCUT2D eigenvalue weighted by atomic mass is 9.88. The zero-order valence-electron chi connectivity index (χ0n) is 13.6. The first-order valence-electron chi connectivity index (χ1n) is 8.03. The van der Waals surface area contributed by atoms with Crippen LogP contribution in [0.5, 0.6) is 0 Å².